The molecule has 2 N–H and O–H groups in total. The molecule has 6 nitrogen and oxygen atoms in total. The van der Waals surface area contributed by atoms with E-state index in [9.17, 15) is 9.50 Å². The summed E-state index contributed by atoms with van der Waals surface area (Å²) in [6.07, 6.45) is 2.96. The monoisotopic (exact) mass is 301 g/mol. The van der Waals surface area contributed by atoms with E-state index in [2.05, 4.69) is 15.4 Å². The molecule has 1 saturated heterocycles. The Labute approximate surface area is 127 Å². The number of hydrogen-bond donors (Lipinski definition) is 2. The number of hydrogen-bond acceptors (Lipinski definition) is 5. The van der Waals surface area contributed by atoms with Crippen molar-refractivity contribution in [2.45, 2.75) is 25.0 Å². The summed E-state index contributed by atoms with van der Waals surface area (Å²) in [7, 11) is 0. The summed E-state index contributed by atoms with van der Waals surface area (Å²) in [6, 6.07) is 6.23. The highest BCUT2D eigenvalue weighted by Crippen LogP contribution is 2.30. The molecule has 2 aromatic rings. The van der Waals surface area contributed by atoms with Gasteiger partial charge in [0.1, 0.15) is 17.1 Å². The van der Waals surface area contributed by atoms with Crippen molar-refractivity contribution in [1.82, 2.24) is 20.3 Å². The highest BCUT2D eigenvalue weighted by Gasteiger charge is 2.37. The molecule has 114 valence electrons. The summed E-state index contributed by atoms with van der Waals surface area (Å²) in [5.74, 6) is -0.418. The lowest BCUT2D eigenvalue weighted by molar-refractivity contribution is -0.0414. The van der Waals surface area contributed by atoms with Crippen molar-refractivity contribution in [3.05, 3.63) is 47.0 Å². The van der Waals surface area contributed by atoms with Gasteiger partial charge in [0.05, 0.1) is 17.8 Å². The molecule has 0 radical (unpaired) electrons. The van der Waals surface area contributed by atoms with Gasteiger partial charge in [-0.25, -0.2) is 4.39 Å². The SMILES string of the molecule is N#Cc1cc(F)ccc1CN1CCCC(O)(c2cn[nH]n2)C1. The van der Waals surface area contributed by atoms with Crippen LogP contribution in [0.1, 0.15) is 29.7 Å². The molecule has 1 fully saturated rings. The van der Waals surface area contributed by atoms with Crippen LogP contribution >= 0.6 is 0 Å². The molecule has 1 atom stereocenters. The zero-order valence-corrected chi connectivity index (χ0v) is 12.0. The Hall–Kier alpha value is -2.30. The molecule has 2 heterocycles. The van der Waals surface area contributed by atoms with Crippen LogP contribution in [-0.2, 0) is 12.1 Å². The lowest BCUT2D eigenvalue weighted by atomic mass is 9.89. The Balaban J connectivity index is 1.78. The van der Waals surface area contributed by atoms with Crippen LogP contribution in [0.25, 0.3) is 0 Å². The van der Waals surface area contributed by atoms with E-state index in [0.29, 0.717) is 30.8 Å². The fraction of sp³-hybridized carbons (Fsp3) is 0.400. The van der Waals surface area contributed by atoms with E-state index in [1.165, 1.54) is 18.3 Å². The molecule has 0 saturated carbocycles. The van der Waals surface area contributed by atoms with Crippen LogP contribution in [0.5, 0.6) is 0 Å². The van der Waals surface area contributed by atoms with E-state index in [4.69, 9.17) is 5.26 Å². The minimum Gasteiger partial charge on any atom is -0.382 e. The number of β-amino-alcohol motifs (C(OH)–C–C–N with tert-alkyl or cyclic N) is 1. The predicted octanol–water partition coefficient (Wildman–Crippen LogP) is 1.30. The quantitative estimate of drug-likeness (QED) is 0.892. The standard InChI is InChI=1S/C15H16FN5O/c16-13-3-2-11(12(6-13)7-17)9-21-5-1-4-15(22,10-21)14-8-18-20-19-14/h2-3,6,8,22H,1,4-5,9-10H2,(H,18,19,20). The third-order valence-corrected chi connectivity index (χ3v) is 4.03. The normalized spacial score (nSPS) is 22.4. The van der Waals surface area contributed by atoms with Crippen LogP contribution in [0, 0.1) is 17.1 Å². The number of H-pyrrole nitrogens is 1. The second-order valence-corrected chi connectivity index (χ2v) is 5.61. The molecule has 0 bridgehead atoms. The van der Waals surface area contributed by atoms with E-state index in [1.807, 2.05) is 11.0 Å². The Morgan fingerprint density at radius 3 is 3.09 bits per heavy atom. The van der Waals surface area contributed by atoms with E-state index < -0.39 is 11.4 Å². The van der Waals surface area contributed by atoms with Crippen LogP contribution in [0.3, 0.4) is 0 Å². The zero-order chi connectivity index (χ0) is 15.6. The molecule has 1 aromatic carbocycles. The molecule has 0 spiro atoms. The fourth-order valence-electron chi connectivity index (χ4n) is 2.92. The molecule has 1 unspecified atom stereocenters. The van der Waals surface area contributed by atoms with Crippen molar-refractivity contribution in [3.63, 3.8) is 0 Å². The molecule has 1 aromatic heterocycles. The largest absolute Gasteiger partial charge is 0.382 e. The van der Waals surface area contributed by atoms with Gasteiger partial charge in [0.15, 0.2) is 0 Å². The maximum Gasteiger partial charge on any atom is 0.124 e. The minimum atomic E-state index is -1.04. The molecule has 1 aliphatic rings. The van der Waals surface area contributed by atoms with Gasteiger partial charge >= 0.3 is 0 Å². The first kappa shape index (κ1) is 14.6. The number of rotatable bonds is 3. The third kappa shape index (κ3) is 2.84. The van der Waals surface area contributed by atoms with Crippen molar-refractivity contribution >= 4 is 0 Å². The molecule has 0 aliphatic carbocycles. The third-order valence-electron chi connectivity index (χ3n) is 4.03. The Morgan fingerprint density at radius 2 is 2.36 bits per heavy atom. The van der Waals surface area contributed by atoms with Gasteiger partial charge in [-0.05, 0) is 37.1 Å². The second-order valence-electron chi connectivity index (χ2n) is 5.61. The van der Waals surface area contributed by atoms with Crippen LogP contribution in [0.2, 0.25) is 0 Å². The smallest absolute Gasteiger partial charge is 0.124 e. The Bertz CT molecular complexity index is 696. The maximum absolute atomic E-state index is 13.2. The first-order chi connectivity index (χ1) is 10.6. The van der Waals surface area contributed by atoms with Gasteiger partial charge in [0.25, 0.3) is 0 Å². The van der Waals surface area contributed by atoms with Gasteiger partial charge in [0.2, 0.25) is 0 Å². The molecule has 0 amide bonds. The van der Waals surface area contributed by atoms with Crippen molar-refractivity contribution < 1.29 is 9.50 Å². The van der Waals surface area contributed by atoms with Gasteiger partial charge in [-0.15, -0.1) is 0 Å². The summed E-state index contributed by atoms with van der Waals surface area (Å²) >= 11 is 0. The number of aromatic nitrogens is 3. The lowest BCUT2D eigenvalue weighted by Gasteiger charge is -2.38. The molecular weight excluding hydrogens is 285 g/mol. The second kappa shape index (κ2) is 5.83. The summed E-state index contributed by atoms with van der Waals surface area (Å²) in [6.45, 7) is 1.70. The summed E-state index contributed by atoms with van der Waals surface area (Å²) in [4.78, 5) is 2.05. The Kier molecular flexibility index (Phi) is 3.88. The summed E-state index contributed by atoms with van der Waals surface area (Å²) in [5.41, 5.74) is 0.568. The Morgan fingerprint density at radius 1 is 1.50 bits per heavy atom. The highest BCUT2D eigenvalue weighted by molar-refractivity contribution is 5.37. The number of nitrogens with zero attached hydrogens (tertiary/aromatic N) is 4. The maximum atomic E-state index is 13.2. The van der Waals surface area contributed by atoms with Gasteiger partial charge in [-0.1, -0.05) is 6.07 Å². The highest BCUT2D eigenvalue weighted by atomic mass is 19.1. The van der Waals surface area contributed by atoms with Crippen LogP contribution < -0.4 is 0 Å². The van der Waals surface area contributed by atoms with Crippen molar-refractivity contribution in [2.24, 2.45) is 0 Å². The molecule has 22 heavy (non-hydrogen) atoms. The van der Waals surface area contributed by atoms with Crippen LogP contribution in [0.15, 0.2) is 24.4 Å². The number of benzene rings is 1. The molecule has 3 rings (SSSR count). The van der Waals surface area contributed by atoms with Crippen LogP contribution in [-0.4, -0.2) is 38.5 Å². The number of piperidine rings is 1. The minimum absolute atomic E-state index is 0.329. The number of nitrogens with one attached hydrogen (secondary N) is 1. The lowest BCUT2D eigenvalue weighted by Crippen LogP contribution is -2.46. The van der Waals surface area contributed by atoms with E-state index >= 15 is 0 Å². The van der Waals surface area contributed by atoms with Crippen LogP contribution in [0.4, 0.5) is 4.39 Å². The summed E-state index contributed by atoms with van der Waals surface area (Å²) in [5, 5.41) is 30.1. The molecular formula is C15H16FN5O. The molecule has 1 aliphatic heterocycles. The first-order valence-electron chi connectivity index (χ1n) is 7.10. The van der Waals surface area contributed by atoms with Gasteiger partial charge < -0.3 is 5.11 Å². The predicted molar refractivity (Wildman–Crippen MR) is 75.9 cm³/mol. The number of aromatic amines is 1. The van der Waals surface area contributed by atoms with Crippen molar-refractivity contribution in [2.75, 3.05) is 13.1 Å². The fourth-order valence-corrected chi connectivity index (χ4v) is 2.92. The van der Waals surface area contributed by atoms with E-state index in [0.717, 1.165) is 18.5 Å². The number of likely N-dealkylation sites (tertiary alicyclic amines) is 1. The summed E-state index contributed by atoms with van der Waals surface area (Å²) < 4.78 is 13.2. The van der Waals surface area contributed by atoms with E-state index in [1.54, 1.807) is 6.07 Å². The van der Waals surface area contributed by atoms with Gasteiger partial charge in [-0.3, -0.25) is 4.90 Å². The first-order valence-corrected chi connectivity index (χ1v) is 7.10. The average molecular weight is 301 g/mol. The van der Waals surface area contributed by atoms with Gasteiger partial charge in [-0.2, -0.15) is 20.7 Å². The van der Waals surface area contributed by atoms with E-state index in [-0.39, 0.29) is 0 Å². The number of aliphatic hydroxyl groups is 1. The average Bonchev–Trinajstić information content (AvgIpc) is 3.04. The zero-order valence-electron chi connectivity index (χ0n) is 12.0. The molecule has 7 heteroatoms. The topological polar surface area (TPSA) is 88.8 Å². The number of nitriles is 1. The van der Waals surface area contributed by atoms with Crippen molar-refractivity contribution in [1.29, 1.82) is 5.26 Å². The van der Waals surface area contributed by atoms with Crippen molar-refractivity contribution in [3.8, 4) is 6.07 Å². The van der Waals surface area contributed by atoms with Gasteiger partial charge in [0, 0.05) is 13.1 Å². The number of halogens is 1.